The maximum atomic E-state index is 4.03. The predicted molar refractivity (Wildman–Crippen MR) is 42.6 cm³/mol. The molecule has 2 aromatic heterocycles. The van der Waals surface area contributed by atoms with Gasteiger partial charge in [0.1, 0.15) is 11.4 Å². The summed E-state index contributed by atoms with van der Waals surface area (Å²) in [6.07, 6.45) is 5.23. The molecular formula is C6H6N4S. The van der Waals surface area contributed by atoms with Crippen LogP contribution in [0.5, 0.6) is 0 Å². The van der Waals surface area contributed by atoms with Crippen LogP contribution in [0.25, 0.3) is 5.78 Å². The summed E-state index contributed by atoms with van der Waals surface area (Å²) in [6.45, 7) is 0. The molecule has 0 spiro atoms. The molecule has 0 aliphatic carbocycles. The van der Waals surface area contributed by atoms with Crippen LogP contribution in [-0.2, 0) is 0 Å². The third-order valence-electron chi connectivity index (χ3n) is 1.35. The number of hydrogen-bond acceptors (Lipinski definition) is 4. The quantitative estimate of drug-likeness (QED) is 0.465. The Morgan fingerprint density at radius 3 is 3.18 bits per heavy atom. The summed E-state index contributed by atoms with van der Waals surface area (Å²) in [5.74, 6) is 0.650. The lowest BCUT2D eigenvalue weighted by Crippen LogP contribution is -1.92. The van der Waals surface area contributed by atoms with E-state index in [9.17, 15) is 0 Å². The molecule has 0 aliphatic heterocycles. The Bertz CT molecular complexity index is 369. The van der Waals surface area contributed by atoms with Crippen molar-refractivity contribution < 1.29 is 0 Å². The SMILES string of the molecule is CSc1ccnc2ncnn12. The number of fused-ring (bicyclic) bond motifs is 1. The fourth-order valence-electron chi connectivity index (χ4n) is 0.872. The van der Waals surface area contributed by atoms with Crippen LogP contribution in [0.1, 0.15) is 0 Å². The summed E-state index contributed by atoms with van der Waals surface area (Å²) in [5.41, 5.74) is 0. The zero-order valence-electron chi connectivity index (χ0n) is 5.93. The summed E-state index contributed by atoms with van der Waals surface area (Å²) < 4.78 is 1.71. The second-order valence-electron chi connectivity index (χ2n) is 1.96. The summed E-state index contributed by atoms with van der Waals surface area (Å²) in [6, 6.07) is 1.91. The normalized spacial score (nSPS) is 10.6. The lowest BCUT2D eigenvalue weighted by Gasteiger charge is -1.96. The van der Waals surface area contributed by atoms with E-state index >= 15 is 0 Å². The first-order valence-corrected chi connectivity index (χ1v) is 4.33. The largest absolute Gasteiger partial charge is 0.253 e. The smallest absolute Gasteiger partial charge is 0.220 e. The predicted octanol–water partition coefficient (Wildman–Crippen LogP) is 0.846. The molecule has 0 aromatic carbocycles. The average molecular weight is 166 g/mol. The summed E-state index contributed by atoms with van der Waals surface area (Å²) >= 11 is 1.62. The van der Waals surface area contributed by atoms with Crippen LogP contribution in [0.4, 0.5) is 0 Å². The Labute approximate surface area is 67.7 Å². The van der Waals surface area contributed by atoms with Gasteiger partial charge in [-0.3, -0.25) is 0 Å². The third-order valence-corrected chi connectivity index (χ3v) is 2.08. The van der Waals surface area contributed by atoms with Crippen molar-refractivity contribution in [2.75, 3.05) is 6.26 Å². The van der Waals surface area contributed by atoms with E-state index in [-0.39, 0.29) is 0 Å². The van der Waals surface area contributed by atoms with E-state index in [1.54, 1.807) is 22.5 Å². The monoisotopic (exact) mass is 166 g/mol. The molecule has 2 rings (SSSR count). The van der Waals surface area contributed by atoms with E-state index in [2.05, 4.69) is 15.1 Å². The van der Waals surface area contributed by atoms with Gasteiger partial charge in [0.2, 0.25) is 0 Å². The van der Waals surface area contributed by atoms with Gasteiger partial charge >= 0.3 is 0 Å². The minimum atomic E-state index is 0.650. The number of nitrogens with zero attached hydrogens (tertiary/aromatic N) is 4. The van der Waals surface area contributed by atoms with Gasteiger partial charge in [-0.05, 0) is 12.3 Å². The van der Waals surface area contributed by atoms with E-state index in [0.717, 1.165) is 5.03 Å². The maximum absolute atomic E-state index is 4.03. The van der Waals surface area contributed by atoms with Gasteiger partial charge in [0.15, 0.2) is 0 Å². The molecule has 5 heteroatoms. The Morgan fingerprint density at radius 2 is 2.36 bits per heavy atom. The molecule has 0 radical (unpaired) electrons. The van der Waals surface area contributed by atoms with Crippen LogP contribution in [0.3, 0.4) is 0 Å². The Kier molecular flexibility index (Phi) is 1.50. The van der Waals surface area contributed by atoms with E-state index in [1.807, 2.05) is 12.3 Å². The summed E-state index contributed by atoms with van der Waals surface area (Å²) in [7, 11) is 0. The molecule has 2 aromatic rings. The average Bonchev–Trinajstić information content (AvgIpc) is 2.50. The van der Waals surface area contributed by atoms with Crippen molar-refractivity contribution in [3.63, 3.8) is 0 Å². The first-order chi connectivity index (χ1) is 5.42. The maximum Gasteiger partial charge on any atom is 0.253 e. The fourth-order valence-corrected chi connectivity index (χ4v) is 1.37. The highest BCUT2D eigenvalue weighted by Gasteiger charge is 1.99. The second kappa shape index (κ2) is 2.50. The van der Waals surface area contributed by atoms with Gasteiger partial charge < -0.3 is 0 Å². The molecule has 2 heterocycles. The highest BCUT2D eigenvalue weighted by Crippen LogP contribution is 2.12. The van der Waals surface area contributed by atoms with Crippen LogP contribution in [0, 0.1) is 0 Å². The lowest BCUT2D eigenvalue weighted by molar-refractivity contribution is 0.844. The van der Waals surface area contributed by atoms with Gasteiger partial charge in [-0.2, -0.15) is 14.6 Å². The van der Waals surface area contributed by atoms with Crippen molar-refractivity contribution in [2.45, 2.75) is 5.03 Å². The molecule has 0 unspecified atom stereocenters. The molecule has 56 valence electrons. The summed E-state index contributed by atoms with van der Waals surface area (Å²) in [4.78, 5) is 7.98. The first-order valence-electron chi connectivity index (χ1n) is 3.10. The van der Waals surface area contributed by atoms with Crippen molar-refractivity contribution in [3.8, 4) is 0 Å². The molecule has 0 atom stereocenters. The van der Waals surface area contributed by atoms with Crippen molar-refractivity contribution >= 4 is 17.5 Å². The number of hydrogen-bond donors (Lipinski definition) is 0. The molecule has 0 amide bonds. The molecule has 0 saturated carbocycles. The van der Waals surface area contributed by atoms with Crippen molar-refractivity contribution in [1.29, 1.82) is 0 Å². The Balaban J connectivity index is 2.79. The van der Waals surface area contributed by atoms with Crippen molar-refractivity contribution in [2.24, 2.45) is 0 Å². The second-order valence-corrected chi connectivity index (χ2v) is 2.79. The number of rotatable bonds is 1. The van der Waals surface area contributed by atoms with Crippen molar-refractivity contribution in [3.05, 3.63) is 18.6 Å². The minimum absolute atomic E-state index is 0.650. The van der Waals surface area contributed by atoms with Crippen LogP contribution < -0.4 is 0 Å². The molecule has 0 fully saturated rings. The highest BCUT2D eigenvalue weighted by molar-refractivity contribution is 7.98. The van der Waals surface area contributed by atoms with Crippen LogP contribution in [-0.4, -0.2) is 25.8 Å². The topological polar surface area (TPSA) is 43.1 Å². The van der Waals surface area contributed by atoms with Crippen molar-refractivity contribution in [1.82, 2.24) is 19.6 Å². The highest BCUT2D eigenvalue weighted by atomic mass is 32.2. The van der Waals surface area contributed by atoms with Gasteiger partial charge in [0.25, 0.3) is 5.78 Å². The zero-order chi connectivity index (χ0) is 7.68. The van der Waals surface area contributed by atoms with Gasteiger partial charge in [-0.15, -0.1) is 11.8 Å². The van der Waals surface area contributed by atoms with Crippen LogP contribution >= 0.6 is 11.8 Å². The van der Waals surface area contributed by atoms with E-state index < -0.39 is 0 Å². The lowest BCUT2D eigenvalue weighted by atomic mass is 10.7. The minimum Gasteiger partial charge on any atom is -0.220 e. The van der Waals surface area contributed by atoms with E-state index in [1.165, 1.54) is 6.33 Å². The first kappa shape index (κ1) is 6.60. The Hall–Kier alpha value is -1.10. The molecule has 0 bridgehead atoms. The molecule has 0 saturated heterocycles. The molecule has 11 heavy (non-hydrogen) atoms. The van der Waals surface area contributed by atoms with Crippen LogP contribution in [0.15, 0.2) is 23.6 Å². The van der Waals surface area contributed by atoms with Crippen LogP contribution in [0.2, 0.25) is 0 Å². The standard InChI is InChI=1S/C6H6N4S/c1-11-5-2-3-7-6-8-4-9-10(5)6/h2-4H,1H3. The zero-order valence-corrected chi connectivity index (χ0v) is 6.75. The molecule has 4 nitrogen and oxygen atoms in total. The Morgan fingerprint density at radius 1 is 1.45 bits per heavy atom. The molecule has 0 aliphatic rings. The summed E-state index contributed by atoms with van der Waals surface area (Å²) in [5, 5.41) is 5.06. The van der Waals surface area contributed by atoms with E-state index in [4.69, 9.17) is 0 Å². The van der Waals surface area contributed by atoms with Gasteiger partial charge in [-0.1, -0.05) is 0 Å². The number of aromatic nitrogens is 4. The fraction of sp³-hybridized carbons (Fsp3) is 0.167. The third kappa shape index (κ3) is 0.970. The van der Waals surface area contributed by atoms with E-state index in [0.29, 0.717) is 5.78 Å². The van der Waals surface area contributed by atoms with Gasteiger partial charge in [0.05, 0.1) is 0 Å². The number of thioether (sulfide) groups is 1. The molecular weight excluding hydrogens is 160 g/mol. The van der Waals surface area contributed by atoms with Gasteiger partial charge in [0, 0.05) is 6.20 Å². The van der Waals surface area contributed by atoms with Gasteiger partial charge in [-0.25, -0.2) is 4.98 Å². The molecule has 0 N–H and O–H groups in total.